The van der Waals surface area contributed by atoms with Crippen molar-refractivity contribution in [2.75, 3.05) is 13.2 Å². The highest BCUT2D eigenvalue weighted by Crippen LogP contribution is 2.14. The van der Waals surface area contributed by atoms with E-state index < -0.39 is 6.10 Å². The highest BCUT2D eigenvalue weighted by Gasteiger charge is 2.19. The quantitative estimate of drug-likeness (QED) is 0.0263. The van der Waals surface area contributed by atoms with Crippen LogP contribution in [0.3, 0.4) is 0 Å². The van der Waals surface area contributed by atoms with Gasteiger partial charge in [-0.2, -0.15) is 0 Å². The highest BCUT2D eigenvalue weighted by atomic mass is 16.6. The van der Waals surface area contributed by atoms with Crippen LogP contribution < -0.4 is 0 Å². The van der Waals surface area contributed by atoms with Crippen LogP contribution in [0, 0.1) is 0 Å². The van der Waals surface area contributed by atoms with E-state index in [-0.39, 0.29) is 31.1 Å². The summed E-state index contributed by atoms with van der Waals surface area (Å²) in [6.07, 6.45) is 60.6. The summed E-state index contributed by atoms with van der Waals surface area (Å²) in [4.78, 5) is 37.9. The largest absolute Gasteiger partial charge is 0.462 e. The number of hydrogen-bond donors (Lipinski definition) is 0. The second-order valence-electron chi connectivity index (χ2n) is 17.0. The molecule has 0 radical (unpaired) electrons. The number of unbranched alkanes of at least 4 members (excludes halogenated alkanes) is 25. The first-order valence-corrected chi connectivity index (χ1v) is 25.8. The van der Waals surface area contributed by atoms with Gasteiger partial charge in [-0.15, -0.1) is 0 Å². The molecule has 0 fully saturated rings. The van der Waals surface area contributed by atoms with Crippen molar-refractivity contribution in [2.45, 2.75) is 258 Å². The summed E-state index contributed by atoms with van der Waals surface area (Å²) >= 11 is 0. The maximum atomic E-state index is 12.8. The molecule has 0 bridgehead atoms. The van der Waals surface area contributed by atoms with Crippen molar-refractivity contribution in [3.8, 4) is 0 Å². The second-order valence-corrected chi connectivity index (χ2v) is 17.0. The fraction of sp³-hybridized carbons (Fsp3) is 0.764. The van der Waals surface area contributed by atoms with Crippen molar-refractivity contribution in [3.63, 3.8) is 0 Å². The molecule has 352 valence electrons. The molecule has 0 aromatic carbocycles. The molecule has 6 nitrogen and oxygen atoms in total. The third-order valence-electron chi connectivity index (χ3n) is 11.0. The van der Waals surface area contributed by atoms with Crippen molar-refractivity contribution in [2.24, 2.45) is 0 Å². The van der Waals surface area contributed by atoms with Crippen molar-refractivity contribution in [1.29, 1.82) is 0 Å². The normalized spacial score (nSPS) is 12.5. The molecule has 6 heteroatoms. The van der Waals surface area contributed by atoms with Gasteiger partial charge in [0.15, 0.2) is 6.10 Å². The molecule has 1 atom stereocenters. The minimum Gasteiger partial charge on any atom is -0.462 e. The molecule has 0 spiro atoms. The van der Waals surface area contributed by atoms with Crippen molar-refractivity contribution < 1.29 is 28.6 Å². The van der Waals surface area contributed by atoms with E-state index in [1.54, 1.807) is 0 Å². The van der Waals surface area contributed by atoms with Crippen LogP contribution in [0.15, 0.2) is 60.8 Å². The molecule has 0 saturated carbocycles. The maximum absolute atomic E-state index is 12.8. The first-order chi connectivity index (χ1) is 30.0. The number of carbonyl (C=O) groups is 3. The van der Waals surface area contributed by atoms with Crippen molar-refractivity contribution >= 4 is 17.9 Å². The summed E-state index contributed by atoms with van der Waals surface area (Å²) in [5.74, 6) is -0.936. The molecule has 0 aromatic rings. The van der Waals surface area contributed by atoms with E-state index in [1.165, 1.54) is 103 Å². The standard InChI is InChI=1S/C55H96O6/c1-4-7-10-13-16-19-22-25-27-28-31-33-36-39-42-45-48-54(57)60-51-52(50-59-53(56)47-44-41-38-35-32-29-24-21-18-15-12-9-6-3)61-55(58)49-46-43-40-37-34-30-26-23-20-17-14-11-8-5-2/h8,11,17,20,26-30,32,52H,4-7,9-10,12-16,18-19,21-25,31,33-51H2,1-3H3/b11-8-,20-17-,28-27-,30-26-,32-29-. The topological polar surface area (TPSA) is 78.9 Å². The van der Waals surface area contributed by atoms with Gasteiger partial charge in [0.05, 0.1) is 0 Å². The Kier molecular flexibility index (Phi) is 47.4. The first-order valence-electron chi connectivity index (χ1n) is 25.8. The molecule has 0 aliphatic rings. The van der Waals surface area contributed by atoms with Gasteiger partial charge < -0.3 is 14.2 Å². The van der Waals surface area contributed by atoms with Gasteiger partial charge in [0.2, 0.25) is 0 Å². The minimum atomic E-state index is -0.794. The molecule has 0 heterocycles. The fourth-order valence-electron chi connectivity index (χ4n) is 7.09. The molecule has 61 heavy (non-hydrogen) atoms. The van der Waals surface area contributed by atoms with Crippen LogP contribution >= 0.6 is 0 Å². The Morgan fingerprint density at radius 1 is 0.344 bits per heavy atom. The Morgan fingerprint density at radius 2 is 0.639 bits per heavy atom. The van der Waals surface area contributed by atoms with Crippen molar-refractivity contribution in [1.82, 2.24) is 0 Å². The zero-order valence-electron chi connectivity index (χ0n) is 40.2. The Hall–Kier alpha value is -2.89. The van der Waals surface area contributed by atoms with Crippen molar-refractivity contribution in [3.05, 3.63) is 60.8 Å². The molecule has 0 saturated heterocycles. The summed E-state index contributed by atoms with van der Waals surface area (Å²) in [5, 5.41) is 0. The third kappa shape index (κ3) is 48.0. The average Bonchev–Trinajstić information content (AvgIpc) is 3.26. The predicted octanol–water partition coefficient (Wildman–Crippen LogP) is 16.9. The Morgan fingerprint density at radius 3 is 1.03 bits per heavy atom. The summed E-state index contributed by atoms with van der Waals surface area (Å²) in [5.41, 5.74) is 0. The van der Waals surface area contributed by atoms with Gasteiger partial charge in [0.1, 0.15) is 13.2 Å². The van der Waals surface area contributed by atoms with Gasteiger partial charge in [-0.1, -0.05) is 191 Å². The first kappa shape index (κ1) is 58.1. The number of allylic oxidation sites excluding steroid dienone is 10. The number of rotatable bonds is 46. The smallest absolute Gasteiger partial charge is 0.306 e. The third-order valence-corrected chi connectivity index (χ3v) is 11.0. The molecule has 0 rings (SSSR count). The van der Waals surface area contributed by atoms with Crippen LogP contribution in [0.1, 0.15) is 252 Å². The molecule has 0 aromatic heterocycles. The second kappa shape index (κ2) is 49.8. The lowest BCUT2D eigenvalue weighted by Gasteiger charge is -2.18. The minimum absolute atomic E-state index is 0.0922. The van der Waals surface area contributed by atoms with Gasteiger partial charge in [0, 0.05) is 19.3 Å². The van der Waals surface area contributed by atoms with Crippen LogP contribution in [0.4, 0.5) is 0 Å². The SMILES string of the molecule is CC/C=C\C/C=C\C/C=C\CCCCCCC(=O)OC(COC(=O)CCCCC/C=C\CCCCCCCC)COC(=O)CCCCCCC/C=C\CCCCCCCCC. The van der Waals surface area contributed by atoms with E-state index in [1.807, 2.05) is 0 Å². The molecule has 0 amide bonds. The van der Waals surface area contributed by atoms with E-state index in [4.69, 9.17) is 14.2 Å². The van der Waals surface area contributed by atoms with Crippen LogP contribution in [0.2, 0.25) is 0 Å². The number of ether oxygens (including phenoxy) is 3. The molecule has 1 unspecified atom stereocenters. The lowest BCUT2D eigenvalue weighted by molar-refractivity contribution is -0.167. The summed E-state index contributed by atoms with van der Waals surface area (Å²) in [7, 11) is 0. The lowest BCUT2D eigenvalue weighted by Crippen LogP contribution is -2.30. The number of hydrogen-bond acceptors (Lipinski definition) is 6. The van der Waals surface area contributed by atoms with E-state index in [2.05, 4.69) is 81.5 Å². The lowest BCUT2D eigenvalue weighted by atomic mass is 10.1. The van der Waals surface area contributed by atoms with Crippen LogP contribution in [0.5, 0.6) is 0 Å². The molecule has 0 N–H and O–H groups in total. The molecule has 0 aliphatic heterocycles. The van der Waals surface area contributed by atoms with E-state index in [0.717, 1.165) is 109 Å². The van der Waals surface area contributed by atoms with E-state index >= 15 is 0 Å². The maximum Gasteiger partial charge on any atom is 0.306 e. The summed E-state index contributed by atoms with van der Waals surface area (Å²) in [6.45, 7) is 6.48. The predicted molar refractivity (Wildman–Crippen MR) is 261 cm³/mol. The Balaban J connectivity index is 4.43. The van der Waals surface area contributed by atoms with Crippen LogP contribution in [-0.2, 0) is 28.6 Å². The van der Waals surface area contributed by atoms with Crippen LogP contribution in [-0.4, -0.2) is 37.2 Å². The Bertz CT molecular complexity index is 1120. The van der Waals surface area contributed by atoms with E-state index in [9.17, 15) is 14.4 Å². The average molecular weight is 853 g/mol. The van der Waals surface area contributed by atoms with Crippen LogP contribution in [0.25, 0.3) is 0 Å². The molecular weight excluding hydrogens is 757 g/mol. The number of esters is 3. The van der Waals surface area contributed by atoms with Gasteiger partial charge in [-0.05, 0) is 103 Å². The Labute approximate surface area is 377 Å². The zero-order chi connectivity index (χ0) is 44.4. The van der Waals surface area contributed by atoms with E-state index in [0.29, 0.717) is 19.3 Å². The van der Waals surface area contributed by atoms with Gasteiger partial charge in [0.25, 0.3) is 0 Å². The van der Waals surface area contributed by atoms with Gasteiger partial charge in [-0.3, -0.25) is 14.4 Å². The summed E-state index contributed by atoms with van der Waals surface area (Å²) in [6, 6.07) is 0. The molecular formula is C55H96O6. The highest BCUT2D eigenvalue weighted by molar-refractivity contribution is 5.71. The molecule has 0 aliphatic carbocycles. The summed E-state index contributed by atoms with van der Waals surface area (Å²) < 4.78 is 16.8. The van der Waals surface area contributed by atoms with Gasteiger partial charge >= 0.3 is 17.9 Å². The zero-order valence-corrected chi connectivity index (χ0v) is 40.2. The number of carbonyl (C=O) groups excluding carboxylic acids is 3. The fourth-order valence-corrected chi connectivity index (χ4v) is 7.09. The monoisotopic (exact) mass is 853 g/mol. The van der Waals surface area contributed by atoms with Gasteiger partial charge in [-0.25, -0.2) is 0 Å².